The predicted octanol–water partition coefficient (Wildman–Crippen LogP) is 2.86. The zero-order valence-corrected chi connectivity index (χ0v) is 25.4. The van der Waals surface area contributed by atoms with Crippen LogP contribution in [0.4, 0.5) is 32.7 Å². The number of likely N-dealkylation sites (N-methyl/N-ethyl adjacent to an activating group) is 1. The molecule has 230 valence electrons. The number of anilines is 4. The summed E-state index contributed by atoms with van der Waals surface area (Å²) in [6.45, 7) is 11.5. The molecule has 4 amide bonds. The minimum absolute atomic E-state index is 0.0761. The first-order valence-electron chi connectivity index (χ1n) is 15.1. The van der Waals surface area contributed by atoms with Gasteiger partial charge in [0.1, 0.15) is 17.0 Å². The first-order valence-corrected chi connectivity index (χ1v) is 15.1. The Balaban J connectivity index is 1.14. The summed E-state index contributed by atoms with van der Waals surface area (Å²) in [5.41, 5.74) is 2.50. The molecule has 0 radical (unpaired) electrons. The van der Waals surface area contributed by atoms with Crippen LogP contribution in [0.1, 0.15) is 49.7 Å². The molecule has 2 aromatic rings. The van der Waals surface area contributed by atoms with Crippen LogP contribution in [0.25, 0.3) is 0 Å². The first kappa shape index (κ1) is 28.8. The lowest BCUT2D eigenvalue weighted by Crippen LogP contribution is -2.50. The summed E-state index contributed by atoms with van der Waals surface area (Å²) >= 11 is 0. The maximum absolute atomic E-state index is 12.7. The minimum Gasteiger partial charge on any atom is -0.444 e. The largest absolute Gasteiger partial charge is 0.444 e. The third-order valence-electron chi connectivity index (χ3n) is 8.41. The molecule has 0 spiro atoms. The minimum atomic E-state index is -0.510. The molecule has 43 heavy (non-hydrogen) atoms. The summed E-state index contributed by atoms with van der Waals surface area (Å²) < 4.78 is 5.51. The zero-order chi connectivity index (χ0) is 30.3. The van der Waals surface area contributed by atoms with E-state index in [1.807, 2.05) is 57.0 Å². The summed E-state index contributed by atoms with van der Waals surface area (Å²) in [6.07, 6.45) is 1.62. The van der Waals surface area contributed by atoms with Crippen molar-refractivity contribution in [1.82, 2.24) is 30.0 Å². The second-order valence-electron chi connectivity index (χ2n) is 12.6. The van der Waals surface area contributed by atoms with Gasteiger partial charge >= 0.3 is 12.1 Å². The molecule has 0 unspecified atom stereocenters. The van der Waals surface area contributed by atoms with Gasteiger partial charge in [-0.3, -0.25) is 4.79 Å². The number of hydrogen-bond donors (Lipinski definition) is 2. The summed E-state index contributed by atoms with van der Waals surface area (Å²) in [4.78, 5) is 57.2. The highest BCUT2D eigenvalue weighted by molar-refractivity contribution is 6.03. The Labute approximate surface area is 252 Å². The van der Waals surface area contributed by atoms with Crippen LogP contribution in [0.3, 0.4) is 0 Å². The van der Waals surface area contributed by atoms with Crippen LogP contribution < -0.4 is 20.4 Å². The Hall–Kier alpha value is -4.29. The number of aromatic nitrogens is 2. The predicted molar refractivity (Wildman–Crippen MR) is 163 cm³/mol. The molecule has 1 aromatic carbocycles. The average molecular weight is 592 g/mol. The van der Waals surface area contributed by atoms with Gasteiger partial charge in [0.2, 0.25) is 5.95 Å². The van der Waals surface area contributed by atoms with Crippen LogP contribution >= 0.6 is 0 Å². The molecule has 4 aliphatic heterocycles. The van der Waals surface area contributed by atoms with Crippen LogP contribution in [-0.4, -0.2) is 114 Å². The maximum atomic E-state index is 12.7. The van der Waals surface area contributed by atoms with Crippen molar-refractivity contribution in [1.29, 1.82) is 0 Å². The number of carbonyl (C=O) groups excluding carboxylic acids is 3. The molecule has 5 heterocycles. The van der Waals surface area contributed by atoms with Crippen LogP contribution in [-0.2, 0) is 11.3 Å². The first-order chi connectivity index (χ1) is 20.6. The number of hydrogen-bond acceptors (Lipinski definition) is 9. The highest BCUT2D eigenvalue weighted by Gasteiger charge is 2.36. The molecule has 0 bridgehead atoms. The van der Waals surface area contributed by atoms with E-state index in [2.05, 4.69) is 20.4 Å². The van der Waals surface area contributed by atoms with Gasteiger partial charge in [-0.25, -0.2) is 14.6 Å². The molecule has 4 aliphatic rings. The van der Waals surface area contributed by atoms with E-state index in [0.717, 1.165) is 43.9 Å². The Morgan fingerprint density at radius 1 is 0.977 bits per heavy atom. The molecule has 0 aliphatic carbocycles. The lowest BCUT2D eigenvalue weighted by atomic mass is 10.0. The van der Waals surface area contributed by atoms with Gasteiger partial charge in [0.25, 0.3) is 5.91 Å². The van der Waals surface area contributed by atoms with E-state index < -0.39 is 5.60 Å². The zero-order valence-electron chi connectivity index (χ0n) is 25.4. The van der Waals surface area contributed by atoms with Crippen molar-refractivity contribution in [2.45, 2.75) is 51.8 Å². The number of ether oxygens (including phenoxy) is 1. The van der Waals surface area contributed by atoms with Gasteiger partial charge in [-0.1, -0.05) is 0 Å². The maximum Gasteiger partial charge on any atom is 0.410 e. The number of carbonyl (C=O) groups is 3. The van der Waals surface area contributed by atoms with E-state index in [1.165, 1.54) is 0 Å². The fraction of sp³-hybridized carbons (Fsp3) is 0.567. The summed E-state index contributed by atoms with van der Waals surface area (Å²) in [5, 5.41) is 6.25. The van der Waals surface area contributed by atoms with Crippen LogP contribution in [0.2, 0.25) is 0 Å². The molecule has 6 rings (SSSR count). The fourth-order valence-corrected chi connectivity index (χ4v) is 6.11. The number of rotatable bonds is 5. The summed E-state index contributed by atoms with van der Waals surface area (Å²) in [6, 6.07) is 8.21. The van der Waals surface area contributed by atoms with Crippen molar-refractivity contribution >= 4 is 41.2 Å². The molecule has 1 atom stereocenters. The number of amides is 4. The molecular formula is C30H41N9O4. The quantitative estimate of drug-likeness (QED) is 0.540. The van der Waals surface area contributed by atoms with Crippen molar-refractivity contribution in [3.63, 3.8) is 0 Å². The Kier molecular flexibility index (Phi) is 7.65. The molecule has 2 N–H and O–H groups in total. The fourth-order valence-electron chi connectivity index (χ4n) is 6.11. The second kappa shape index (κ2) is 11.4. The molecule has 3 saturated heterocycles. The molecule has 1 aromatic heterocycles. The average Bonchev–Trinajstić information content (AvgIpc) is 3.53. The lowest BCUT2D eigenvalue weighted by molar-refractivity contribution is 0.0240. The van der Waals surface area contributed by atoms with E-state index in [4.69, 9.17) is 14.7 Å². The van der Waals surface area contributed by atoms with Gasteiger partial charge < -0.3 is 39.9 Å². The van der Waals surface area contributed by atoms with Gasteiger partial charge in [-0.05, 0) is 57.9 Å². The molecule has 3 fully saturated rings. The Bertz CT molecular complexity index is 1390. The van der Waals surface area contributed by atoms with Gasteiger partial charge in [-0.15, -0.1) is 0 Å². The molecular weight excluding hydrogens is 550 g/mol. The monoisotopic (exact) mass is 591 g/mol. The van der Waals surface area contributed by atoms with Crippen LogP contribution in [0, 0.1) is 0 Å². The van der Waals surface area contributed by atoms with Crippen LogP contribution in [0.5, 0.6) is 0 Å². The number of nitrogens with one attached hydrogen (secondary N) is 2. The summed E-state index contributed by atoms with van der Waals surface area (Å²) in [7, 11) is 1.84. The van der Waals surface area contributed by atoms with Crippen molar-refractivity contribution < 1.29 is 19.1 Å². The van der Waals surface area contributed by atoms with E-state index in [-0.39, 0.29) is 24.1 Å². The van der Waals surface area contributed by atoms with E-state index in [1.54, 1.807) is 9.80 Å². The van der Waals surface area contributed by atoms with Gasteiger partial charge in [0.05, 0.1) is 18.3 Å². The highest BCUT2D eigenvalue weighted by atomic mass is 16.6. The van der Waals surface area contributed by atoms with Crippen molar-refractivity contribution in [3.8, 4) is 0 Å². The third-order valence-corrected chi connectivity index (χ3v) is 8.41. The summed E-state index contributed by atoms with van der Waals surface area (Å²) in [5.74, 6) is 0.862. The number of piperazine rings is 1. The van der Waals surface area contributed by atoms with Crippen molar-refractivity contribution in [3.05, 3.63) is 35.5 Å². The van der Waals surface area contributed by atoms with E-state index >= 15 is 0 Å². The highest BCUT2D eigenvalue weighted by Crippen LogP contribution is 2.30. The number of benzene rings is 1. The van der Waals surface area contributed by atoms with E-state index in [9.17, 15) is 14.4 Å². The number of piperidine rings is 1. The normalized spacial score (nSPS) is 20.8. The van der Waals surface area contributed by atoms with Crippen molar-refractivity contribution in [2.24, 2.45) is 0 Å². The van der Waals surface area contributed by atoms with E-state index in [0.29, 0.717) is 62.3 Å². The van der Waals surface area contributed by atoms with Gasteiger partial charge in [0.15, 0.2) is 0 Å². The number of nitrogens with zero attached hydrogens (tertiary/aromatic N) is 7. The molecule has 13 heteroatoms. The third kappa shape index (κ3) is 6.11. The van der Waals surface area contributed by atoms with Crippen LogP contribution in [0.15, 0.2) is 24.3 Å². The Morgan fingerprint density at radius 2 is 1.72 bits per heavy atom. The standard InChI is InChI=1S/C30H41N9O4/c1-30(2,3)43-29(42)37-15-13-36(14-16-37)21-9-7-20(8-10-21)32-25-24-23(18-31-26(24)40)33-27(34-25)38-11-5-6-22(19-38)39-17-12-35(4)28(39)41/h7-10,22H,5-6,11-19H2,1-4H3,(H,31,40)(H,32,33,34)/t22-/m1/s1. The number of fused-ring (bicyclic) bond motifs is 1. The van der Waals surface area contributed by atoms with Gasteiger partial charge in [0, 0.05) is 70.8 Å². The second-order valence-corrected chi connectivity index (χ2v) is 12.6. The smallest absolute Gasteiger partial charge is 0.410 e. The SMILES string of the molecule is CN1CCN([C@@H]2CCCN(c3nc4c(c(Nc5ccc(N6CCN(C(=O)OC(C)(C)C)CC6)cc5)n3)C(=O)NC4)C2)C1=O. The van der Waals surface area contributed by atoms with Gasteiger partial charge in [-0.2, -0.15) is 4.98 Å². The number of urea groups is 1. The lowest BCUT2D eigenvalue weighted by Gasteiger charge is -2.37. The molecule has 0 saturated carbocycles. The topological polar surface area (TPSA) is 126 Å². The Morgan fingerprint density at radius 3 is 2.40 bits per heavy atom. The van der Waals surface area contributed by atoms with Crippen molar-refractivity contribution in [2.75, 3.05) is 74.5 Å². The molecule has 13 nitrogen and oxygen atoms in total.